The third-order valence-electron chi connectivity index (χ3n) is 7.12. The first-order chi connectivity index (χ1) is 16.2. The number of methoxy groups -OCH3 is 1. The summed E-state index contributed by atoms with van der Waals surface area (Å²) in [5.41, 5.74) is 1.82. The minimum Gasteiger partial charge on any atom is -0.496 e. The molecule has 0 bridgehead atoms. The molecular formula is C28H39NO5. The van der Waals surface area contributed by atoms with Crippen LogP contribution in [-0.4, -0.2) is 54.4 Å². The number of ether oxygens (including phenoxy) is 3. The van der Waals surface area contributed by atoms with Crippen molar-refractivity contribution in [2.24, 2.45) is 0 Å². The number of likely N-dealkylation sites (tertiary alicyclic amines) is 1. The molecule has 1 fully saturated rings. The van der Waals surface area contributed by atoms with Crippen molar-refractivity contribution in [1.82, 2.24) is 4.90 Å². The van der Waals surface area contributed by atoms with Gasteiger partial charge in [-0.3, -0.25) is 4.79 Å². The Labute approximate surface area is 204 Å². The Hall–Kier alpha value is -2.57. The zero-order valence-electron chi connectivity index (χ0n) is 21.0. The maximum absolute atomic E-state index is 13.3. The van der Waals surface area contributed by atoms with Crippen LogP contribution in [0, 0.1) is 0 Å². The fourth-order valence-corrected chi connectivity index (χ4v) is 5.09. The third kappa shape index (κ3) is 4.80. The molecule has 0 aromatic heterocycles. The summed E-state index contributed by atoms with van der Waals surface area (Å²) in [6.45, 7) is 9.28. The molecule has 1 N–H and O–H groups in total. The lowest BCUT2D eigenvalue weighted by molar-refractivity contribution is -0.0872. The number of piperidine rings is 1. The van der Waals surface area contributed by atoms with Crippen LogP contribution in [0.15, 0.2) is 42.5 Å². The summed E-state index contributed by atoms with van der Waals surface area (Å²) in [6.07, 6.45) is 2.45. The van der Waals surface area contributed by atoms with E-state index in [2.05, 4.69) is 19.9 Å². The maximum atomic E-state index is 13.3. The number of fused-ring (bicyclic) bond motifs is 1. The maximum Gasteiger partial charge on any atom is 0.253 e. The Bertz CT molecular complexity index is 1030. The van der Waals surface area contributed by atoms with Gasteiger partial charge in [-0.15, -0.1) is 0 Å². The topological polar surface area (TPSA) is 68.2 Å². The van der Waals surface area contributed by atoms with Gasteiger partial charge in [0.1, 0.15) is 17.1 Å². The quantitative estimate of drug-likeness (QED) is 0.635. The summed E-state index contributed by atoms with van der Waals surface area (Å²) in [5, 5.41) is 9.75. The normalized spacial score (nSPS) is 19.6. The highest BCUT2D eigenvalue weighted by atomic mass is 16.5. The first-order valence-electron chi connectivity index (χ1n) is 12.2. The first-order valence-corrected chi connectivity index (χ1v) is 12.2. The average Bonchev–Trinajstić information content (AvgIpc) is 2.83. The molecule has 2 aliphatic heterocycles. The van der Waals surface area contributed by atoms with Crippen molar-refractivity contribution < 1.29 is 25.5 Å². The Kier molecular flexibility index (Phi) is 6.92. The number of carbonyl (C=O) groups excluding carboxylic acids is 1. The lowest BCUT2D eigenvalue weighted by Crippen LogP contribution is -2.52. The predicted molar refractivity (Wildman–Crippen MR) is 134 cm³/mol. The average molecular weight is 470 g/mol. The number of benzene rings is 2. The van der Waals surface area contributed by atoms with Gasteiger partial charge in [0.15, 0.2) is 0 Å². The number of hydrogen-bond acceptors (Lipinski definition) is 5. The van der Waals surface area contributed by atoms with Crippen LogP contribution in [-0.2, 0) is 10.2 Å². The molecule has 2 heterocycles. The molecule has 0 aliphatic carbocycles. The van der Waals surface area contributed by atoms with E-state index in [4.69, 9.17) is 14.2 Å². The third-order valence-corrected chi connectivity index (χ3v) is 7.12. The summed E-state index contributed by atoms with van der Waals surface area (Å²) < 4.78 is 18.4. The standard InChI is InChI=1S/C28H37NO5.H2/c1-19(2)33-25-17-28(34-23-9-7-6-8-21(23)25)12-14-29(15-13-28)26(31)20-10-11-22(24(16-20)32-5)27(3,4)18-30;/h6-11,16,19,25,30H,12-15,17-18H2,1-5H3;1H/t25-;/m0./s1. The Balaban J connectivity index is 0.00000342. The van der Waals surface area contributed by atoms with Crippen molar-refractivity contribution in [3.05, 3.63) is 59.2 Å². The van der Waals surface area contributed by atoms with E-state index in [1.54, 1.807) is 13.2 Å². The van der Waals surface area contributed by atoms with Crippen LogP contribution in [0.3, 0.4) is 0 Å². The molecule has 1 saturated heterocycles. The van der Waals surface area contributed by atoms with Crippen molar-refractivity contribution in [1.29, 1.82) is 0 Å². The van der Waals surface area contributed by atoms with Crippen LogP contribution in [0.5, 0.6) is 11.5 Å². The van der Waals surface area contributed by atoms with Crippen LogP contribution in [0.4, 0.5) is 0 Å². The van der Waals surface area contributed by atoms with E-state index in [-0.39, 0.29) is 31.7 Å². The number of rotatable bonds is 6. The molecule has 2 aromatic rings. The Morgan fingerprint density at radius 1 is 1.24 bits per heavy atom. The number of aliphatic hydroxyl groups excluding tert-OH is 1. The van der Waals surface area contributed by atoms with Gasteiger partial charge in [-0.1, -0.05) is 38.1 Å². The fraction of sp³-hybridized carbons (Fsp3) is 0.536. The van der Waals surface area contributed by atoms with Gasteiger partial charge in [0.05, 0.1) is 25.9 Å². The molecular weight excluding hydrogens is 430 g/mol. The fourth-order valence-electron chi connectivity index (χ4n) is 5.09. The van der Waals surface area contributed by atoms with Gasteiger partial charge in [0.2, 0.25) is 0 Å². The molecule has 4 rings (SSSR count). The second kappa shape index (κ2) is 9.59. The summed E-state index contributed by atoms with van der Waals surface area (Å²) in [4.78, 5) is 15.2. The number of hydrogen-bond donors (Lipinski definition) is 1. The Morgan fingerprint density at radius 2 is 1.94 bits per heavy atom. The zero-order valence-corrected chi connectivity index (χ0v) is 21.0. The van der Waals surface area contributed by atoms with Crippen LogP contribution in [0.1, 0.15) is 76.0 Å². The van der Waals surface area contributed by atoms with Crippen molar-refractivity contribution in [2.45, 2.75) is 70.2 Å². The van der Waals surface area contributed by atoms with Gasteiger partial charge < -0.3 is 24.2 Å². The highest BCUT2D eigenvalue weighted by Crippen LogP contribution is 2.46. The minimum absolute atomic E-state index is 0. The molecule has 0 unspecified atom stereocenters. The largest absolute Gasteiger partial charge is 0.496 e. The second-order valence-electron chi connectivity index (χ2n) is 10.4. The van der Waals surface area contributed by atoms with Gasteiger partial charge in [0, 0.05) is 55.9 Å². The highest BCUT2D eigenvalue weighted by molar-refractivity contribution is 5.95. The zero-order chi connectivity index (χ0) is 24.5. The molecule has 2 aliphatic rings. The molecule has 1 atom stereocenters. The van der Waals surface area contributed by atoms with Gasteiger partial charge in [-0.25, -0.2) is 0 Å². The van der Waals surface area contributed by atoms with Crippen LogP contribution in [0.25, 0.3) is 0 Å². The SMILES string of the molecule is COc1cc(C(=O)N2CCC3(CC2)C[C@H](OC(C)C)c2ccccc2O3)ccc1C(C)(C)CO.[HH]. The molecule has 0 radical (unpaired) electrons. The monoisotopic (exact) mass is 469 g/mol. The van der Waals surface area contributed by atoms with Crippen molar-refractivity contribution >= 4 is 5.91 Å². The van der Waals surface area contributed by atoms with E-state index in [0.717, 1.165) is 36.1 Å². The van der Waals surface area contributed by atoms with Gasteiger partial charge >= 0.3 is 0 Å². The van der Waals surface area contributed by atoms with Crippen molar-refractivity contribution in [3.8, 4) is 11.5 Å². The summed E-state index contributed by atoms with van der Waals surface area (Å²) in [6, 6.07) is 13.6. The molecule has 0 saturated carbocycles. The van der Waals surface area contributed by atoms with E-state index >= 15 is 0 Å². The van der Waals surface area contributed by atoms with Gasteiger partial charge in [-0.2, -0.15) is 0 Å². The Morgan fingerprint density at radius 3 is 2.59 bits per heavy atom. The summed E-state index contributed by atoms with van der Waals surface area (Å²) >= 11 is 0. The first kappa shape index (κ1) is 24.6. The lowest BCUT2D eigenvalue weighted by atomic mass is 9.81. The van der Waals surface area contributed by atoms with Gasteiger partial charge in [-0.05, 0) is 32.0 Å². The van der Waals surface area contributed by atoms with Crippen molar-refractivity contribution in [3.63, 3.8) is 0 Å². The van der Waals surface area contributed by atoms with Crippen molar-refractivity contribution in [2.75, 3.05) is 26.8 Å². The van der Waals surface area contributed by atoms with E-state index in [9.17, 15) is 9.90 Å². The number of amides is 1. The molecule has 34 heavy (non-hydrogen) atoms. The molecule has 6 heteroatoms. The van der Waals surface area contributed by atoms with E-state index in [0.29, 0.717) is 24.4 Å². The van der Waals surface area contributed by atoms with Crippen LogP contribution >= 0.6 is 0 Å². The number of carbonyl (C=O) groups is 1. The highest BCUT2D eigenvalue weighted by Gasteiger charge is 2.44. The molecule has 1 amide bonds. The second-order valence-corrected chi connectivity index (χ2v) is 10.4. The molecule has 186 valence electrons. The van der Waals surface area contributed by atoms with E-state index in [1.165, 1.54) is 0 Å². The number of nitrogens with zero attached hydrogens (tertiary/aromatic N) is 1. The lowest BCUT2D eigenvalue weighted by Gasteiger charge is -2.47. The molecule has 1 spiro atoms. The van der Waals surface area contributed by atoms with Crippen LogP contribution in [0.2, 0.25) is 0 Å². The summed E-state index contributed by atoms with van der Waals surface area (Å²) in [7, 11) is 1.60. The van der Waals surface area contributed by atoms with Gasteiger partial charge in [0.25, 0.3) is 5.91 Å². The van der Waals surface area contributed by atoms with E-state index in [1.807, 2.05) is 49.1 Å². The summed E-state index contributed by atoms with van der Waals surface area (Å²) in [5.74, 6) is 1.51. The minimum atomic E-state index is -0.451. The van der Waals surface area contributed by atoms with E-state index < -0.39 is 5.41 Å². The van der Waals surface area contributed by atoms with Crippen LogP contribution < -0.4 is 9.47 Å². The molecule has 2 aromatic carbocycles. The smallest absolute Gasteiger partial charge is 0.253 e. The number of para-hydroxylation sites is 1. The predicted octanol–water partition coefficient (Wildman–Crippen LogP) is 5.13. The number of aliphatic hydroxyl groups is 1. The molecule has 6 nitrogen and oxygen atoms in total.